The number of halogens is 1. The molecule has 0 unspecified atom stereocenters. The number of nitro benzene ring substituents is 2. The predicted molar refractivity (Wildman–Crippen MR) is 133 cm³/mol. The number of nitro groups is 2. The maximum atomic E-state index is 12.7. The summed E-state index contributed by atoms with van der Waals surface area (Å²) in [6.45, 7) is 2.49. The number of primary sulfonamides is 2. The van der Waals surface area contributed by atoms with Crippen LogP contribution in [0.15, 0.2) is 46.2 Å². The first-order chi connectivity index (χ1) is 17.5. The smallest absolute Gasteiger partial charge is 0.306 e. The lowest BCUT2D eigenvalue weighted by Crippen LogP contribution is -2.26. The Kier molecular flexibility index (Phi) is 9.45. The molecule has 1 aliphatic rings. The Morgan fingerprint density at radius 2 is 1.47 bits per heavy atom. The van der Waals surface area contributed by atoms with E-state index in [4.69, 9.17) is 15.5 Å². The van der Waals surface area contributed by atoms with Crippen molar-refractivity contribution in [3.05, 3.63) is 62.4 Å². The molecule has 3 rings (SSSR count). The number of sulfonamides is 2. The average Bonchev–Trinajstić information content (AvgIpc) is 2.82. The minimum atomic E-state index is -4.05. The van der Waals surface area contributed by atoms with Gasteiger partial charge in [-0.25, -0.2) is 27.1 Å². The molecule has 5 N–H and O–H groups in total. The number of hydrogen-bond acceptors (Lipinski definition) is 10. The first kappa shape index (κ1) is 30.5. The summed E-state index contributed by atoms with van der Waals surface area (Å²) in [6, 6.07) is 8.02. The minimum absolute atomic E-state index is 0.265. The fraction of sp³-hybridized carbons (Fsp3) is 0.381. The van der Waals surface area contributed by atoms with Crippen LogP contribution in [-0.2, 0) is 20.0 Å². The Morgan fingerprint density at radius 3 is 1.92 bits per heavy atom. The van der Waals surface area contributed by atoms with Gasteiger partial charge < -0.3 is 5.32 Å². The van der Waals surface area contributed by atoms with E-state index in [2.05, 4.69) is 11.4 Å². The monoisotopic (exact) mass is 572 g/mol. The lowest BCUT2D eigenvalue weighted by atomic mass is 9.73. The molecule has 0 amide bonds. The molecule has 0 aliphatic heterocycles. The summed E-state index contributed by atoms with van der Waals surface area (Å²) in [7, 11) is -8.04. The molecule has 0 heterocycles. The minimum Gasteiger partial charge on any atom is -0.379 e. The second-order valence-electron chi connectivity index (χ2n) is 8.89. The van der Waals surface area contributed by atoms with Gasteiger partial charge in [0.15, 0.2) is 0 Å². The van der Waals surface area contributed by atoms with Gasteiger partial charge in [0.2, 0.25) is 25.9 Å². The molecule has 1 aliphatic carbocycles. The van der Waals surface area contributed by atoms with Crippen LogP contribution in [0.25, 0.3) is 0 Å². The summed E-state index contributed by atoms with van der Waals surface area (Å²) in [5, 5.41) is 43.3. The van der Waals surface area contributed by atoms with E-state index in [1.54, 1.807) is 0 Å². The molecule has 0 aromatic heterocycles. The SMILES string of the molecule is CC1(C#N)CCC(CNc2ccc(S(N)(=O)=O)cc2[N+](=O)[O-])CC1.NS(=O)(=O)c1ccc(F)c([N+](=O)[O-])c1. The number of nitrogens with two attached hydrogens (primary N) is 2. The van der Waals surface area contributed by atoms with Gasteiger partial charge in [0.1, 0.15) is 5.69 Å². The second-order valence-corrected chi connectivity index (χ2v) is 12.0. The Morgan fingerprint density at radius 1 is 1.00 bits per heavy atom. The van der Waals surface area contributed by atoms with Crippen LogP contribution in [0.4, 0.5) is 21.5 Å². The maximum Gasteiger partial charge on any atom is 0.306 e. The van der Waals surface area contributed by atoms with Crippen molar-refractivity contribution >= 4 is 37.1 Å². The number of rotatable bonds is 7. The highest BCUT2D eigenvalue weighted by Crippen LogP contribution is 2.38. The first-order valence-electron chi connectivity index (χ1n) is 10.9. The zero-order chi connectivity index (χ0) is 28.9. The van der Waals surface area contributed by atoms with Gasteiger partial charge >= 0.3 is 5.69 Å². The van der Waals surface area contributed by atoms with Gasteiger partial charge in [-0.1, -0.05) is 0 Å². The zero-order valence-corrected chi connectivity index (χ0v) is 21.7. The topological polar surface area (TPSA) is 242 Å². The quantitative estimate of drug-likeness (QED) is 0.323. The molecular weight excluding hydrogens is 547 g/mol. The summed E-state index contributed by atoms with van der Waals surface area (Å²) in [5.41, 5.74) is -1.25. The van der Waals surface area contributed by atoms with Gasteiger partial charge in [-0.05, 0) is 62.8 Å². The standard InChI is InChI=1S/C15H20N4O4S.C6H5FN2O4S/c1-15(10-16)6-4-11(5-7-15)9-18-13-3-2-12(24(17,22)23)8-14(13)19(20)21;7-5-2-1-4(14(8,12)13)3-6(5)9(10)11/h2-3,8,11,18H,4-7,9H2,1H3,(H2,17,22,23);1-3H,(H2,8,12,13). The van der Waals surface area contributed by atoms with Gasteiger partial charge in [-0.2, -0.15) is 9.65 Å². The molecule has 1 saturated carbocycles. The number of nitrogens with one attached hydrogen (secondary N) is 1. The summed E-state index contributed by atoms with van der Waals surface area (Å²) in [6.07, 6.45) is 3.37. The molecule has 0 radical (unpaired) electrons. The molecular formula is C21H25FN6O8S2. The van der Waals surface area contributed by atoms with Crippen molar-refractivity contribution in [2.45, 2.75) is 42.4 Å². The number of benzene rings is 2. The van der Waals surface area contributed by atoms with Crippen molar-refractivity contribution < 1.29 is 31.1 Å². The predicted octanol–water partition coefficient (Wildman–Crippen LogP) is 2.76. The average molecular weight is 573 g/mol. The fourth-order valence-electron chi connectivity index (χ4n) is 3.68. The van der Waals surface area contributed by atoms with E-state index in [0.29, 0.717) is 24.6 Å². The highest BCUT2D eigenvalue weighted by atomic mass is 32.2. The Balaban J connectivity index is 0.000000308. The number of anilines is 1. The van der Waals surface area contributed by atoms with Crippen LogP contribution in [0.2, 0.25) is 0 Å². The van der Waals surface area contributed by atoms with E-state index in [0.717, 1.165) is 37.8 Å². The van der Waals surface area contributed by atoms with Crippen LogP contribution in [0, 0.1) is 48.7 Å². The molecule has 14 nitrogen and oxygen atoms in total. The van der Waals surface area contributed by atoms with Crippen LogP contribution in [0.3, 0.4) is 0 Å². The normalized spacial score (nSPS) is 19.4. The van der Waals surface area contributed by atoms with Gasteiger partial charge in [0.05, 0.1) is 31.1 Å². The van der Waals surface area contributed by atoms with E-state index < -0.39 is 46.3 Å². The highest BCUT2D eigenvalue weighted by Gasteiger charge is 2.31. The second kappa shape index (κ2) is 11.8. The van der Waals surface area contributed by atoms with Crippen LogP contribution < -0.4 is 15.6 Å². The molecule has 206 valence electrons. The van der Waals surface area contributed by atoms with Crippen molar-refractivity contribution in [1.82, 2.24) is 0 Å². The number of nitrogens with zero attached hydrogens (tertiary/aromatic N) is 3. The fourth-order valence-corrected chi connectivity index (χ4v) is 4.75. The molecule has 0 atom stereocenters. The third-order valence-electron chi connectivity index (χ3n) is 6.00. The summed E-state index contributed by atoms with van der Waals surface area (Å²) >= 11 is 0. The van der Waals surface area contributed by atoms with E-state index in [9.17, 15) is 41.5 Å². The van der Waals surface area contributed by atoms with Gasteiger partial charge in [-0.3, -0.25) is 20.2 Å². The maximum absolute atomic E-state index is 12.7. The van der Waals surface area contributed by atoms with Crippen LogP contribution in [-0.4, -0.2) is 33.2 Å². The van der Waals surface area contributed by atoms with Crippen LogP contribution >= 0.6 is 0 Å². The Hall–Kier alpha value is -3.72. The summed E-state index contributed by atoms with van der Waals surface area (Å²) < 4.78 is 56.9. The van der Waals surface area contributed by atoms with Crippen LogP contribution in [0.1, 0.15) is 32.6 Å². The molecule has 0 bridgehead atoms. The molecule has 38 heavy (non-hydrogen) atoms. The number of hydrogen-bond donors (Lipinski definition) is 3. The lowest BCUT2D eigenvalue weighted by Gasteiger charge is -2.32. The molecule has 0 spiro atoms. The van der Waals surface area contributed by atoms with Gasteiger partial charge in [0, 0.05) is 18.7 Å². The molecule has 0 saturated heterocycles. The molecule has 17 heteroatoms. The largest absolute Gasteiger partial charge is 0.379 e. The van der Waals surface area contributed by atoms with Crippen molar-refractivity contribution in [2.75, 3.05) is 11.9 Å². The Labute approximate surface area is 217 Å². The first-order valence-corrected chi connectivity index (χ1v) is 14.0. The Bertz CT molecular complexity index is 1480. The summed E-state index contributed by atoms with van der Waals surface area (Å²) in [5.74, 6) is -0.786. The van der Waals surface area contributed by atoms with Crippen molar-refractivity contribution in [1.29, 1.82) is 5.26 Å². The summed E-state index contributed by atoms with van der Waals surface area (Å²) in [4.78, 5) is 19.0. The molecule has 2 aromatic carbocycles. The van der Waals surface area contributed by atoms with E-state index in [1.807, 2.05) is 6.92 Å². The van der Waals surface area contributed by atoms with Crippen LogP contribution in [0.5, 0.6) is 0 Å². The van der Waals surface area contributed by atoms with E-state index >= 15 is 0 Å². The van der Waals surface area contributed by atoms with Gasteiger partial charge in [-0.15, -0.1) is 0 Å². The third-order valence-corrected chi connectivity index (χ3v) is 7.82. The van der Waals surface area contributed by atoms with Crippen molar-refractivity contribution in [2.24, 2.45) is 21.6 Å². The molecule has 1 fully saturated rings. The lowest BCUT2D eigenvalue weighted by molar-refractivity contribution is -0.387. The number of nitriles is 1. The van der Waals surface area contributed by atoms with E-state index in [1.165, 1.54) is 12.1 Å². The molecule has 2 aromatic rings. The van der Waals surface area contributed by atoms with Crippen molar-refractivity contribution in [3.8, 4) is 6.07 Å². The third kappa shape index (κ3) is 8.14. The zero-order valence-electron chi connectivity index (χ0n) is 20.0. The van der Waals surface area contributed by atoms with Crippen molar-refractivity contribution in [3.63, 3.8) is 0 Å². The highest BCUT2D eigenvalue weighted by molar-refractivity contribution is 7.89. The van der Waals surface area contributed by atoms with E-state index in [-0.39, 0.29) is 21.7 Å². The van der Waals surface area contributed by atoms with Gasteiger partial charge in [0.25, 0.3) is 5.69 Å².